The van der Waals surface area contributed by atoms with Gasteiger partial charge in [-0.25, -0.2) is 4.39 Å². The van der Waals surface area contributed by atoms with E-state index in [1.54, 1.807) is 24.3 Å². The second kappa shape index (κ2) is 7.41. The Morgan fingerprint density at radius 1 is 1.08 bits per heavy atom. The molecule has 1 heterocycles. The summed E-state index contributed by atoms with van der Waals surface area (Å²) in [4.78, 5) is 14.5. The molecule has 2 aromatic carbocycles. The zero-order valence-corrected chi connectivity index (χ0v) is 14.5. The largest absolute Gasteiger partial charge is 0.370 e. The van der Waals surface area contributed by atoms with Crippen LogP contribution in [0.25, 0.3) is 0 Å². The molecule has 1 fully saturated rings. The van der Waals surface area contributed by atoms with Gasteiger partial charge >= 0.3 is 0 Å². The van der Waals surface area contributed by atoms with Gasteiger partial charge in [0.05, 0.1) is 12.1 Å². The summed E-state index contributed by atoms with van der Waals surface area (Å²) in [6.07, 6.45) is 2.13. The van der Waals surface area contributed by atoms with Gasteiger partial charge in [-0.2, -0.15) is 0 Å². The maximum atomic E-state index is 14.3. The molecule has 0 bridgehead atoms. The fraction of sp³-hybridized carbons (Fsp3) is 0.278. The summed E-state index contributed by atoms with van der Waals surface area (Å²) in [5, 5.41) is 3.53. The molecule has 1 amide bonds. The Bertz CT molecular complexity index is 740. The highest BCUT2D eigenvalue weighted by atomic mass is 35.5. The van der Waals surface area contributed by atoms with E-state index in [4.69, 9.17) is 23.2 Å². The van der Waals surface area contributed by atoms with Gasteiger partial charge in [0, 0.05) is 23.1 Å². The number of hydrogen-bond donors (Lipinski definition) is 1. The molecule has 2 aromatic rings. The summed E-state index contributed by atoms with van der Waals surface area (Å²) in [7, 11) is 0. The molecule has 0 spiro atoms. The third-order valence-electron chi connectivity index (χ3n) is 4.10. The third-order valence-corrected chi connectivity index (χ3v) is 4.81. The van der Waals surface area contributed by atoms with Crippen molar-refractivity contribution >= 4 is 40.5 Å². The van der Waals surface area contributed by atoms with Crippen LogP contribution in [0.4, 0.5) is 15.8 Å². The number of benzene rings is 2. The Morgan fingerprint density at radius 3 is 2.38 bits per heavy atom. The lowest BCUT2D eigenvalue weighted by molar-refractivity contribution is -0.115. The number of hydrogen-bond acceptors (Lipinski definition) is 2. The van der Waals surface area contributed by atoms with Crippen molar-refractivity contribution in [3.8, 4) is 0 Å². The monoisotopic (exact) mass is 366 g/mol. The van der Waals surface area contributed by atoms with Gasteiger partial charge in [0.2, 0.25) is 5.91 Å². The van der Waals surface area contributed by atoms with Gasteiger partial charge in [0.15, 0.2) is 0 Å². The van der Waals surface area contributed by atoms with Crippen molar-refractivity contribution in [1.82, 2.24) is 0 Å². The van der Waals surface area contributed by atoms with E-state index in [0.29, 0.717) is 21.3 Å². The van der Waals surface area contributed by atoms with Gasteiger partial charge in [0.25, 0.3) is 0 Å². The summed E-state index contributed by atoms with van der Waals surface area (Å²) in [6.45, 7) is 1.73. The minimum atomic E-state index is -0.446. The lowest BCUT2D eigenvalue weighted by atomic mass is 10.1. The Balaban J connectivity index is 1.82. The van der Waals surface area contributed by atoms with Crippen LogP contribution in [0.2, 0.25) is 10.0 Å². The minimum Gasteiger partial charge on any atom is -0.370 e. The molecule has 0 atom stereocenters. The first-order valence-electron chi connectivity index (χ1n) is 7.82. The van der Waals surface area contributed by atoms with Crippen LogP contribution in [0.1, 0.15) is 18.4 Å². The Kier molecular flexibility index (Phi) is 5.27. The van der Waals surface area contributed by atoms with Gasteiger partial charge in [0.1, 0.15) is 11.5 Å². The average Bonchev–Trinajstić information content (AvgIpc) is 3.07. The average molecular weight is 367 g/mol. The highest BCUT2D eigenvalue weighted by Gasteiger charge is 2.20. The van der Waals surface area contributed by atoms with Crippen LogP contribution in [0.15, 0.2) is 36.4 Å². The second-order valence-corrected chi connectivity index (χ2v) is 6.57. The fourth-order valence-electron chi connectivity index (χ4n) is 2.90. The number of carbonyl (C=O) groups excluding carboxylic acids is 1. The van der Waals surface area contributed by atoms with Gasteiger partial charge in [-0.1, -0.05) is 35.3 Å². The summed E-state index contributed by atoms with van der Waals surface area (Å²) >= 11 is 12.2. The molecule has 1 N–H and O–H groups in total. The van der Waals surface area contributed by atoms with Crippen LogP contribution in [-0.2, 0) is 11.2 Å². The molecule has 0 saturated carbocycles. The number of carbonyl (C=O) groups is 1. The van der Waals surface area contributed by atoms with Gasteiger partial charge in [-0.15, -0.1) is 0 Å². The van der Waals surface area contributed by atoms with Crippen molar-refractivity contribution in [2.24, 2.45) is 0 Å². The highest BCUT2D eigenvalue weighted by Crippen LogP contribution is 2.32. The van der Waals surface area contributed by atoms with Crippen molar-refractivity contribution in [3.63, 3.8) is 0 Å². The smallest absolute Gasteiger partial charge is 0.229 e. The Morgan fingerprint density at radius 2 is 1.71 bits per heavy atom. The molecule has 3 rings (SSSR count). The van der Waals surface area contributed by atoms with E-state index in [1.165, 1.54) is 6.07 Å². The first kappa shape index (κ1) is 17.1. The van der Waals surface area contributed by atoms with Crippen LogP contribution in [0.3, 0.4) is 0 Å². The van der Waals surface area contributed by atoms with Crippen LogP contribution in [-0.4, -0.2) is 19.0 Å². The van der Waals surface area contributed by atoms with E-state index < -0.39 is 5.82 Å². The van der Waals surface area contributed by atoms with E-state index in [2.05, 4.69) is 10.2 Å². The molecule has 24 heavy (non-hydrogen) atoms. The van der Waals surface area contributed by atoms with Crippen LogP contribution in [0.5, 0.6) is 0 Å². The molecule has 6 heteroatoms. The van der Waals surface area contributed by atoms with Crippen LogP contribution < -0.4 is 10.2 Å². The molecule has 0 unspecified atom stereocenters. The molecule has 126 valence electrons. The second-order valence-electron chi connectivity index (χ2n) is 5.75. The normalized spacial score (nSPS) is 14.0. The van der Waals surface area contributed by atoms with Crippen molar-refractivity contribution in [2.75, 3.05) is 23.3 Å². The van der Waals surface area contributed by atoms with Crippen molar-refractivity contribution in [1.29, 1.82) is 0 Å². The first-order chi connectivity index (χ1) is 11.6. The van der Waals surface area contributed by atoms with E-state index >= 15 is 0 Å². The molecule has 1 aliphatic heterocycles. The summed E-state index contributed by atoms with van der Waals surface area (Å²) < 4.78 is 14.3. The van der Waals surface area contributed by atoms with Crippen molar-refractivity contribution < 1.29 is 9.18 Å². The zero-order chi connectivity index (χ0) is 17.1. The first-order valence-corrected chi connectivity index (χ1v) is 8.58. The van der Waals surface area contributed by atoms with E-state index in [9.17, 15) is 9.18 Å². The van der Waals surface area contributed by atoms with Crippen LogP contribution >= 0.6 is 23.2 Å². The molecule has 0 radical (unpaired) electrons. The SMILES string of the molecule is O=C(Cc1c(Cl)cccc1Cl)Nc1c(F)cccc1N1CCCC1. The number of nitrogens with zero attached hydrogens (tertiary/aromatic N) is 1. The summed E-state index contributed by atoms with van der Waals surface area (Å²) in [5.74, 6) is -0.798. The van der Waals surface area contributed by atoms with E-state index in [1.807, 2.05) is 6.07 Å². The number of anilines is 2. The number of rotatable bonds is 4. The predicted octanol–water partition coefficient (Wildman–Crippen LogP) is 4.91. The zero-order valence-electron chi connectivity index (χ0n) is 13.0. The number of amides is 1. The van der Waals surface area contributed by atoms with Crippen molar-refractivity contribution in [3.05, 3.63) is 57.8 Å². The summed E-state index contributed by atoms with van der Waals surface area (Å²) in [6, 6.07) is 9.89. The molecular formula is C18H17Cl2FN2O. The predicted molar refractivity (Wildman–Crippen MR) is 96.6 cm³/mol. The lowest BCUT2D eigenvalue weighted by Gasteiger charge is -2.22. The molecule has 1 saturated heterocycles. The quantitative estimate of drug-likeness (QED) is 0.833. The fourth-order valence-corrected chi connectivity index (χ4v) is 3.43. The molecular weight excluding hydrogens is 350 g/mol. The topological polar surface area (TPSA) is 32.3 Å². The lowest BCUT2D eigenvalue weighted by Crippen LogP contribution is -2.22. The van der Waals surface area contributed by atoms with Gasteiger partial charge in [-0.05, 0) is 42.7 Å². The van der Waals surface area contributed by atoms with Crippen LogP contribution in [0, 0.1) is 5.82 Å². The van der Waals surface area contributed by atoms with E-state index in [-0.39, 0.29) is 18.0 Å². The number of halogens is 3. The van der Waals surface area contributed by atoms with Gasteiger partial charge in [-0.3, -0.25) is 4.79 Å². The third kappa shape index (κ3) is 3.65. The number of para-hydroxylation sites is 1. The maximum Gasteiger partial charge on any atom is 0.229 e. The van der Waals surface area contributed by atoms with Gasteiger partial charge < -0.3 is 10.2 Å². The highest BCUT2D eigenvalue weighted by molar-refractivity contribution is 6.36. The standard InChI is InChI=1S/C18H17Cl2FN2O/c19-13-5-3-6-14(20)12(13)11-17(24)22-18-15(21)7-4-8-16(18)23-9-1-2-10-23/h3-8H,1-2,9-11H2,(H,22,24). The Hall–Kier alpha value is -1.78. The number of nitrogens with one attached hydrogen (secondary N) is 1. The molecule has 3 nitrogen and oxygen atoms in total. The van der Waals surface area contributed by atoms with Crippen molar-refractivity contribution in [2.45, 2.75) is 19.3 Å². The minimum absolute atomic E-state index is 0.00766. The molecule has 0 aliphatic carbocycles. The Labute approximate surface area is 150 Å². The molecule has 1 aliphatic rings. The summed E-state index contributed by atoms with van der Waals surface area (Å²) in [5.41, 5.74) is 1.47. The van der Waals surface area contributed by atoms with E-state index in [0.717, 1.165) is 25.9 Å². The molecule has 0 aromatic heterocycles. The maximum absolute atomic E-state index is 14.3.